The molecule has 2 aromatic rings. The van der Waals surface area contributed by atoms with Crippen LogP contribution in [-0.4, -0.2) is 27.4 Å². The number of carbonyl (C=O) groups excluding carboxylic acids is 1. The molecule has 2 rings (SSSR count). The van der Waals surface area contributed by atoms with Crippen molar-refractivity contribution in [2.75, 3.05) is 12.3 Å². The van der Waals surface area contributed by atoms with Crippen LogP contribution < -0.4 is 10.9 Å². The zero-order valence-corrected chi connectivity index (χ0v) is 11.5. The molecule has 20 heavy (non-hydrogen) atoms. The van der Waals surface area contributed by atoms with Crippen molar-refractivity contribution in [3.63, 3.8) is 0 Å². The number of H-pyrrole nitrogens is 1. The van der Waals surface area contributed by atoms with Gasteiger partial charge in [0.1, 0.15) is 5.56 Å². The second-order valence-corrected chi connectivity index (χ2v) is 5.60. The number of aromatic nitrogens is 1. The number of benzene rings is 1. The molecule has 0 aliphatic heterocycles. The molecular weight excluding hydrogens is 276 g/mol. The standard InChI is InChI=1S/C14H14N2O3S/c17-13-12(7-4-8-15-13)14(18)16-9-10-20(19)11-5-2-1-3-6-11/h1-8H,9-10H2,(H,15,17)(H,16,18)/t20-/m0/s1. The van der Waals surface area contributed by atoms with Gasteiger partial charge >= 0.3 is 0 Å². The number of aromatic amines is 1. The molecule has 5 nitrogen and oxygen atoms in total. The van der Waals surface area contributed by atoms with Crippen molar-refractivity contribution in [1.82, 2.24) is 10.3 Å². The lowest BCUT2D eigenvalue weighted by molar-refractivity contribution is 0.0954. The first-order valence-corrected chi connectivity index (χ1v) is 7.39. The van der Waals surface area contributed by atoms with E-state index < -0.39 is 22.3 Å². The SMILES string of the molecule is O=C(NCC[S@](=O)c1ccccc1)c1ccc[nH]c1=O. The highest BCUT2D eigenvalue weighted by atomic mass is 32.2. The number of nitrogens with one attached hydrogen (secondary N) is 2. The van der Waals surface area contributed by atoms with Gasteiger partial charge in [0.25, 0.3) is 11.5 Å². The fourth-order valence-corrected chi connectivity index (χ4v) is 2.63. The van der Waals surface area contributed by atoms with Gasteiger partial charge in [-0.1, -0.05) is 18.2 Å². The van der Waals surface area contributed by atoms with Gasteiger partial charge in [0, 0.05) is 23.4 Å². The number of rotatable bonds is 5. The number of amides is 1. The lowest BCUT2D eigenvalue weighted by atomic mass is 10.2. The average Bonchev–Trinajstić information content (AvgIpc) is 2.48. The molecule has 0 unspecified atom stereocenters. The van der Waals surface area contributed by atoms with Crippen LogP contribution in [0.5, 0.6) is 0 Å². The summed E-state index contributed by atoms with van der Waals surface area (Å²) in [5.41, 5.74) is -0.382. The van der Waals surface area contributed by atoms with E-state index in [-0.39, 0.29) is 12.1 Å². The van der Waals surface area contributed by atoms with E-state index in [1.165, 1.54) is 12.3 Å². The third-order valence-corrected chi connectivity index (χ3v) is 4.01. The minimum Gasteiger partial charge on any atom is -0.351 e. The molecule has 0 saturated heterocycles. The van der Waals surface area contributed by atoms with E-state index in [9.17, 15) is 13.8 Å². The second-order valence-electron chi connectivity index (χ2n) is 4.03. The third-order valence-electron chi connectivity index (χ3n) is 2.64. The highest BCUT2D eigenvalue weighted by molar-refractivity contribution is 7.85. The molecule has 6 heteroatoms. The summed E-state index contributed by atoms with van der Waals surface area (Å²) in [6.45, 7) is 0.245. The predicted octanol–water partition coefficient (Wildman–Crippen LogP) is 0.912. The molecule has 1 aromatic carbocycles. The Bertz CT molecular complexity index is 667. The molecule has 1 amide bonds. The van der Waals surface area contributed by atoms with E-state index in [2.05, 4.69) is 10.3 Å². The molecule has 2 N–H and O–H groups in total. The van der Waals surface area contributed by atoms with E-state index >= 15 is 0 Å². The molecule has 0 aliphatic rings. The molecule has 0 radical (unpaired) electrons. The summed E-state index contributed by atoms with van der Waals surface area (Å²) in [4.78, 5) is 26.3. The zero-order valence-electron chi connectivity index (χ0n) is 10.7. The van der Waals surface area contributed by atoms with Crippen molar-refractivity contribution in [3.05, 3.63) is 64.6 Å². The zero-order chi connectivity index (χ0) is 14.4. The van der Waals surface area contributed by atoms with Gasteiger partial charge in [-0.25, -0.2) is 0 Å². The number of hydrogen-bond acceptors (Lipinski definition) is 3. The smallest absolute Gasteiger partial charge is 0.260 e. The van der Waals surface area contributed by atoms with Gasteiger partial charge in [0.15, 0.2) is 0 Å². The summed E-state index contributed by atoms with van der Waals surface area (Å²) in [6, 6.07) is 12.1. The van der Waals surface area contributed by atoms with Gasteiger partial charge in [-0.05, 0) is 24.3 Å². The molecule has 0 fully saturated rings. The van der Waals surface area contributed by atoms with Crippen LogP contribution in [0.3, 0.4) is 0 Å². The molecule has 0 saturated carbocycles. The van der Waals surface area contributed by atoms with Gasteiger partial charge in [0.2, 0.25) is 0 Å². The van der Waals surface area contributed by atoms with E-state index in [1.54, 1.807) is 18.2 Å². The average molecular weight is 290 g/mol. The largest absolute Gasteiger partial charge is 0.351 e. The van der Waals surface area contributed by atoms with Crippen molar-refractivity contribution in [3.8, 4) is 0 Å². The minimum atomic E-state index is -1.16. The molecule has 104 valence electrons. The molecule has 0 bridgehead atoms. The Hall–Kier alpha value is -2.21. The quantitative estimate of drug-likeness (QED) is 0.859. The van der Waals surface area contributed by atoms with Gasteiger partial charge < -0.3 is 10.3 Å². The molecule has 0 aliphatic carbocycles. The van der Waals surface area contributed by atoms with E-state index in [4.69, 9.17) is 0 Å². The van der Waals surface area contributed by atoms with Crippen LogP contribution in [0.15, 0.2) is 58.4 Å². The summed E-state index contributed by atoms with van der Waals surface area (Å²) >= 11 is 0. The van der Waals surface area contributed by atoms with Crippen molar-refractivity contribution in [2.24, 2.45) is 0 Å². The summed E-state index contributed by atoms with van der Waals surface area (Å²) in [6.07, 6.45) is 1.46. The topological polar surface area (TPSA) is 79.0 Å². The normalized spacial score (nSPS) is 11.8. The van der Waals surface area contributed by atoms with Crippen LogP contribution in [0.25, 0.3) is 0 Å². The Morgan fingerprint density at radius 2 is 1.90 bits per heavy atom. The highest BCUT2D eigenvalue weighted by Crippen LogP contribution is 2.04. The van der Waals surface area contributed by atoms with Crippen molar-refractivity contribution < 1.29 is 9.00 Å². The maximum absolute atomic E-state index is 11.9. The molecule has 1 atom stereocenters. The highest BCUT2D eigenvalue weighted by Gasteiger charge is 2.09. The van der Waals surface area contributed by atoms with Crippen LogP contribution in [0.4, 0.5) is 0 Å². The van der Waals surface area contributed by atoms with Crippen LogP contribution in [-0.2, 0) is 10.8 Å². The Morgan fingerprint density at radius 3 is 2.60 bits per heavy atom. The lowest BCUT2D eigenvalue weighted by Crippen LogP contribution is -2.32. The number of hydrogen-bond donors (Lipinski definition) is 2. The van der Waals surface area contributed by atoms with Crippen molar-refractivity contribution in [2.45, 2.75) is 4.90 Å². The van der Waals surface area contributed by atoms with Gasteiger partial charge in [-0.2, -0.15) is 0 Å². The summed E-state index contributed by atoms with van der Waals surface area (Å²) in [7, 11) is -1.16. The number of pyridine rings is 1. The van der Waals surface area contributed by atoms with Gasteiger partial charge in [-0.15, -0.1) is 0 Å². The van der Waals surface area contributed by atoms with E-state index in [1.807, 2.05) is 18.2 Å². The first-order chi connectivity index (χ1) is 9.68. The van der Waals surface area contributed by atoms with Crippen molar-refractivity contribution in [1.29, 1.82) is 0 Å². The Balaban J connectivity index is 1.88. The molecule has 1 aromatic heterocycles. The maximum atomic E-state index is 11.9. The Labute approximate surface area is 118 Å². The van der Waals surface area contributed by atoms with E-state index in [0.29, 0.717) is 5.75 Å². The summed E-state index contributed by atoms with van der Waals surface area (Å²) in [5, 5.41) is 2.59. The number of carbonyl (C=O) groups is 1. The summed E-state index contributed by atoms with van der Waals surface area (Å²) < 4.78 is 11.9. The lowest BCUT2D eigenvalue weighted by Gasteiger charge is -2.05. The fraction of sp³-hybridized carbons (Fsp3) is 0.143. The van der Waals surface area contributed by atoms with Crippen LogP contribution in [0, 0.1) is 0 Å². The fourth-order valence-electron chi connectivity index (χ4n) is 1.64. The van der Waals surface area contributed by atoms with Crippen LogP contribution >= 0.6 is 0 Å². The molecular formula is C14H14N2O3S. The summed E-state index contributed by atoms with van der Waals surface area (Å²) in [5.74, 6) is -0.155. The Morgan fingerprint density at radius 1 is 1.15 bits per heavy atom. The molecule has 1 heterocycles. The van der Waals surface area contributed by atoms with Crippen LogP contribution in [0.1, 0.15) is 10.4 Å². The first-order valence-electron chi connectivity index (χ1n) is 6.08. The van der Waals surface area contributed by atoms with Gasteiger partial charge in [0.05, 0.1) is 10.8 Å². The maximum Gasteiger partial charge on any atom is 0.260 e. The monoisotopic (exact) mass is 290 g/mol. The third kappa shape index (κ3) is 3.64. The van der Waals surface area contributed by atoms with E-state index in [0.717, 1.165) is 4.90 Å². The minimum absolute atomic E-state index is 0.0537. The van der Waals surface area contributed by atoms with Crippen LogP contribution in [0.2, 0.25) is 0 Å². The van der Waals surface area contributed by atoms with Gasteiger partial charge in [-0.3, -0.25) is 13.8 Å². The Kier molecular flexibility index (Phi) is 4.84. The second kappa shape index (κ2) is 6.81. The van der Waals surface area contributed by atoms with Crippen molar-refractivity contribution >= 4 is 16.7 Å². The predicted molar refractivity (Wildman–Crippen MR) is 77.1 cm³/mol. The molecule has 0 spiro atoms. The first kappa shape index (κ1) is 14.2.